The van der Waals surface area contributed by atoms with Crippen molar-refractivity contribution in [1.82, 2.24) is 19.4 Å². The summed E-state index contributed by atoms with van der Waals surface area (Å²) in [5, 5.41) is 0. The number of hydrogen-bond acceptors (Lipinski definition) is 4. The fourth-order valence-corrected chi connectivity index (χ4v) is 3.85. The third-order valence-corrected chi connectivity index (χ3v) is 5.02. The van der Waals surface area contributed by atoms with E-state index < -0.39 is 0 Å². The van der Waals surface area contributed by atoms with Gasteiger partial charge in [0.2, 0.25) is 0 Å². The van der Waals surface area contributed by atoms with E-state index in [0.717, 1.165) is 31.2 Å². The minimum Gasteiger partial charge on any atom is -0.456 e. The number of imidazole rings is 1. The number of carbonyl (C=O) groups is 1. The lowest BCUT2D eigenvalue weighted by atomic mass is 10.1. The van der Waals surface area contributed by atoms with Gasteiger partial charge in [0.05, 0.1) is 6.54 Å². The van der Waals surface area contributed by atoms with E-state index in [9.17, 15) is 4.79 Å². The fourth-order valence-electron chi connectivity index (χ4n) is 3.85. The van der Waals surface area contributed by atoms with Crippen molar-refractivity contribution in [3.63, 3.8) is 0 Å². The summed E-state index contributed by atoms with van der Waals surface area (Å²) in [6.45, 7) is 7.48. The third kappa shape index (κ3) is 3.11. The normalized spacial score (nSPS) is 21.7. The molecule has 6 heteroatoms. The Hall–Kier alpha value is -2.08. The van der Waals surface area contributed by atoms with Gasteiger partial charge in [-0.3, -0.25) is 4.79 Å². The number of aromatic nitrogens is 2. The van der Waals surface area contributed by atoms with Crippen molar-refractivity contribution >= 4 is 5.91 Å². The summed E-state index contributed by atoms with van der Waals surface area (Å²) < 4.78 is 7.74. The smallest absolute Gasteiger partial charge is 0.289 e. The minimum atomic E-state index is -0.0361. The van der Waals surface area contributed by atoms with E-state index in [1.165, 1.54) is 25.9 Å². The summed E-state index contributed by atoms with van der Waals surface area (Å²) in [6, 6.07) is 3.61. The van der Waals surface area contributed by atoms with E-state index in [1.54, 1.807) is 6.07 Å². The molecule has 4 rings (SSSR count). The third-order valence-electron chi connectivity index (χ3n) is 5.02. The van der Waals surface area contributed by atoms with Crippen LogP contribution in [0, 0.1) is 12.8 Å². The Bertz CT molecular complexity index is 714. The van der Waals surface area contributed by atoms with Crippen molar-refractivity contribution in [2.45, 2.75) is 32.9 Å². The van der Waals surface area contributed by atoms with E-state index in [-0.39, 0.29) is 5.91 Å². The van der Waals surface area contributed by atoms with Gasteiger partial charge in [0.25, 0.3) is 5.91 Å². The first-order valence-electron chi connectivity index (χ1n) is 8.77. The van der Waals surface area contributed by atoms with Crippen LogP contribution >= 0.6 is 0 Å². The van der Waals surface area contributed by atoms with Crippen LogP contribution in [0.3, 0.4) is 0 Å². The van der Waals surface area contributed by atoms with Crippen molar-refractivity contribution in [2.24, 2.45) is 5.92 Å². The molecular weight excluding hydrogens is 304 g/mol. The second kappa shape index (κ2) is 6.43. The van der Waals surface area contributed by atoms with Gasteiger partial charge in [0, 0.05) is 37.9 Å². The molecule has 0 N–H and O–H groups in total. The van der Waals surface area contributed by atoms with Gasteiger partial charge in [0.15, 0.2) is 5.76 Å². The molecule has 128 valence electrons. The lowest BCUT2D eigenvalue weighted by Gasteiger charge is -2.26. The summed E-state index contributed by atoms with van der Waals surface area (Å²) in [7, 11) is 0. The van der Waals surface area contributed by atoms with Crippen LogP contribution in [-0.4, -0.2) is 51.4 Å². The molecule has 4 heterocycles. The Morgan fingerprint density at radius 2 is 2.12 bits per heavy atom. The number of furan rings is 1. The summed E-state index contributed by atoms with van der Waals surface area (Å²) in [4.78, 5) is 21.7. The molecule has 2 aliphatic rings. The molecule has 2 aliphatic heterocycles. The monoisotopic (exact) mass is 328 g/mol. The molecule has 0 saturated carbocycles. The number of amides is 1. The van der Waals surface area contributed by atoms with Crippen LogP contribution in [-0.2, 0) is 13.1 Å². The first kappa shape index (κ1) is 15.4. The second-order valence-electron chi connectivity index (χ2n) is 6.97. The minimum absolute atomic E-state index is 0.0361. The van der Waals surface area contributed by atoms with Gasteiger partial charge in [-0.1, -0.05) is 0 Å². The van der Waals surface area contributed by atoms with Gasteiger partial charge in [0.1, 0.15) is 11.6 Å². The highest BCUT2D eigenvalue weighted by Crippen LogP contribution is 2.21. The van der Waals surface area contributed by atoms with Crippen LogP contribution in [0.4, 0.5) is 0 Å². The highest BCUT2D eigenvalue weighted by molar-refractivity contribution is 5.91. The van der Waals surface area contributed by atoms with E-state index in [4.69, 9.17) is 4.42 Å². The summed E-state index contributed by atoms with van der Waals surface area (Å²) >= 11 is 0. The SMILES string of the molecule is Cc1ccc(C(=O)N2Cc3nccn3CC(CN3CCCC3)C2)o1. The molecule has 1 amide bonds. The molecule has 1 unspecified atom stereocenters. The van der Waals surface area contributed by atoms with Crippen LogP contribution in [0.2, 0.25) is 0 Å². The Morgan fingerprint density at radius 1 is 1.29 bits per heavy atom. The summed E-state index contributed by atoms with van der Waals surface area (Å²) in [6.07, 6.45) is 6.43. The Morgan fingerprint density at radius 3 is 2.88 bits per heavy atom. The lowest BCUT2D eigenvalue weighted by molar-refractivity contribution is 0.0673. The maximum atomic E-state index is 12.9. The molecule has 6 nitrogen and oxygen atoms in total. The van der Waals surface area contributed by atoms with Crippen molar-refractivity contribution in [3.05, 3.63) is 41.9 Å². The number of carbonyl (C=O) groups excluding carboxylic acids is 1. The van der Waals surface area contributed by atoms with Crippen LogP contribution in [0.5, 0.6) is 0 Å². The maximum absolute atomic E-state index is 12.9. The Kier molecular flexibility index (Phi) is 4.14. The van der Waals surface area contributed by atoms with Gasteiger partial charge >= 0.3 is 0 Å². The standard InChI is InChI=1S/C18H24N4O2/c1-14-4-5-16(24-14)18(23)22-12-15(10-20-7-2-3-8-20)11-21-9-6-19-17(21)13-22/h4-6,9,15H,2-3,7-8,10-13H2,1H3. The predicted octanol–water partition coefficient (Wildman–Crippen LogP) is 2.15. The van der Waals surface area contributed by atoms with E-state index >= 15 is 0 Å². The molecule has 1 fully saturated rings. The zero-order valence-electron chi connectivity index (χ0n) is 14.1. The van der Waals surface area contributed by atoms with Crippen LogP contribution < -0.4 is 0 Å². The highest BCUT2D eigenvalue weighted by atomic mass is 16.3. The van der Waals surface area contributed by atoms with Crippen LogP contribution in [0.25, 0.3) is 0 Å². The molecule has 0 aliphatic carbocycles. The highest BCUT2D eigenvalue weighted by Gasteiger charge is 2.29. The molecule has 0 spiro atoms. The first-order chi connectivity index (χ1) is 11.7. The topological polar surface area (TPSA) is 54.5 Å². The summed E-state index contributed by atoms with van der Waals surface area (Å²) in [5.74, 6) is 2.52. The van der Waals surface area contributed by atoms with E-state index in [1.807, 2.05) is 30.3 Å². The molecule has 2 aromatic heterocycles. The average molecular weight is 328 g/mol. The van der Waals surface area contributed by atoms with Crippen molar-refractivity contribution in [2.75, 3.05) is 26.2 Å². The van der Waals surface area contributed by atoms with Gasteiger partial charge in [-0.25, -0.2) is 4.98 Å². The molecule has 1 saturated heterocycles. The largest absolute Gasteiger partial charge is 0.456 e. The second-order valence-corrected chi connectivity index (χ2v) is 6.97. The molecule has 0 bridgehead atoms. The zero-order valence-corrected chi connectivity index (χ0v) is 14.1. The van der Waals surface area contributed by atoms with Crippen LogP contribution in [0.15, 0.2) is 28.9 Å². The fraction of sp³-hybridized carbons (Fsp3) is 0.556. The first-order valence-corrected chi connectivity index (χ1v) is 8.77. The molecule has 0 aromatic carbocycles. The number of rotatable bonds is 3. The number of likely N-dealkylation sites (tertiary alicyclic amines) is 1. The van der Waals surface area contributed by atoms with E-state index in [0.29, 0.717) is 18.2 Å². The Labute approximate surface area is 142 Å². The number of hydrogen-bond donors (Lipinski definition) is 0. The lowest BCUT2D eigenvalue weighted by Crippen LogP contribution is -2.38. The van der Waals surface area contributed by atoms with Gasteiger partial charge in [-0.15, -0.1) is 0 Å². The van der Waals surface area contributed by atoms with Gasteiger partial charge in [-0.05, 0) is 45.0 Å². The number of fused-ring (bicyclic) bond motifs is 1. The van der Waals surface area contributed by atoms with Crippen molar-refractivity contribution < 1.29 is 9.21 Å². The van der Waals surface area contributed by atoms with Gasteiger partial charge < -0.3 is 18.8 Å². The molecule has 24 heavy (non-hydrogen) atoms. The molecule has 2 aromatic rings. The van der Waals surface area contributed by atoms with Crippen molar-refractivity contribution in [1.29, 1.82) is 0 Å². The van der Waals surface area contributed by atoms with E-state index in [2.05, 4.69) is 14.5 Å². The Balaban J connectivity index is 1.55. The maximum Gasteiger partial charge on any atom is 0.289 e. The average Bonchev–Trinajstić information content (AvgIpc) is 3.28. The van der Waals surface area contributed by atoms with Gasteiger partial charge in [-0.2, -0.15) is 0 Å². The molecule has 1 atom stereocenters. The number of aryl methyl sites for hydroxylation is 1. The predicted molar refractivity (Wildman–Crippen MR) is 89.6 cm³/mol. The molecule has 0 radical (unpaired) electrons. The van der Waals surface area contributed by atoms with Crippen LogP contribution in [0.1, 0.15) is 35.0 Å². The van der Waals surface area contributed by atoms with Crippen molar-refractivity contribution in [3.8, 4) is 0 Å². The quantitative estimate of drug-likeness (QED) is 0.866. The number of nitrogens with zero attached hydrogens (tertiary/aromatic N) is 4. The zero-order chi connectivity index (χ0) is 16.5. The summed E-state index contributed by atoms with van der Waals surface area (Å²) in [5.41, 5.74) is 0. The molecular formula is C18H24N4O2.